The smallest absolute Gasteiger partial charge is 0.239 e. The van der Waals surface area contributed by atoms with E-state index in [1.165, 1.54) is 0 Å². The van der Waals surface area contributed by atoms with Gasteiger partial charge in [0.25, 0.3) is 0 Å². The van der Waals surface area contributed by atoms with Gasteiger partial charge < -0.3 is 33.9 Å². The van der Waals surface area contributed by atoms with Gasteiger partial charge in [-0.05, 0) is 50.3 Å². The van der Waals surface area contributed by atoms with Gasteiger partial charge in [-0.3, -0.25) is 9.59 Å². The number of hydrogen-bond donors (Lipinski definition) is 1. The van der Waals surface area contributed by atoms with Gasteiger partial charge in [-0.2, -0.15) is 0 Å². The number of carbonyl (C=O) groups is 2. The standard InChI is InChI=1S/C28H38N2O7/c1-5-36-23-11-9-10-21-18-30(19-24(31)29-16-7-6-8-17-37-26(21)23)25(32)15-13-20-12-14-22(33-2)28(35-4)27(20)34-3/h9-12,14H,5-8,13,15-19H2,1-4H3,(H,29,31). The normalized spacial score (nSPS) is 14.6. The molecule has 1 aliphatic rings. The Hall–Kier alpha value is -3.62. The first-order chi connectivity index (χ1) is 18.0. The molecule has 0 fully saturated rings. The van der Waals surface area contributed by atoms with Crippen LogP contribution >= 0.6 is 0 Å². The first-order valence-corrected chi connectivity index (χ1v) is 12.7. The van der Waals surface area contributed by atoms with Crippen LogP contribution in [-0.2, 0) is 22.6 Å². The maximum atomic E-state index is 13.5. The lowest BCUT2D eigenvalue weighted by molar-refractivity contribution is -0.136. The van der Waals surface area contributed by atoms with E-state index in [4.69, 9.17) is 23.7 Å². The van der Waals surface area contributed by atoms with Crippen molar-refractivity contribution in [2.75, 3.05) is 47.6 Å². The Labute approximate surface area is 219 Å². The molecule has 0 aliphatic carbocycles. The molecule has 0 unspecified atom stereocenters. The van der Waals surface area contributed by atoms with Gasteiger partial charge in [0.1, 0.15) is 0 Å². The van der Waals surface area contributed by atoms with Gasteiger partial charge in [0, 0.05) is 25.1 Å². The van der Waals surface area contributed by atoms with Crippen LogP contribution in [0, 0.1) is 0 Å². The van der Waals surface area contributed by atoms with E-state index in [-0.39, 0.29) is 31.3 Å². The number of carbonyl (C=O) groups excluding carboxylic acids is 2. The van der Waals surface area contributed by atoms with Crippen LogP contribution in [0.3, 0.4) is 0 Å². The van der Waals surface area contributed by atoms with E-state index >= 15 is 0 Å². The number of nitrogens with one attached hydrogen (secondary N) is 1. The highest BCUT2D eigenvalue weighted by Crippen LogP contribution is 2.40. The Morgan fingerprint density at radius 2 is 1.78 bits per heavy atom. The molecule has 9 heteroatoms. The Morgan fingerprint density at radius 1 is 0.973 bits per heavy atom. The van der Waals surface area contributed by atoms with Gasteiger partial charge >= 0.3 is 0 Å². The molecule has 37 heavy (non-hydrogen) atoms. The van der Waals surface area contributed by atoms with Gasteiger partial charge in [0.15, 0.2) is 23.0 Å². The van der Waals surface area contributed by atoms with Crippen LogP contribution < -0.4 is 29.0 Å². The van der Waals surface area contributed by atoms with E-state index < -0.39 is 0 Å². The van der Waals surface area contributed by atoms with E-state index in [0.29, 0.717) is 54.9 Å². The fraction of sp³-hybridized carbons (Fsp3) is 0.500. The average molecular weight is 515 g/mol. The summed E-state index contributed by atoms with van der Waals surface area (Å²) in [6, 6.07) is 9.30. The number of fused-ring (bicyclic) bond motifs is 1. The molecule has 3 rings (SSSR count). The third-order valence-electron chi connectivity index (χ3n) is 6.19. The molecule has 0 radical (unpaired) electrons. The lowest BCUT2D eigenvalue weighted by Gasteiger charge is -2.24. The number of hydrogen-bond acceptors (Lipinski definition) is 7. The second-order valence-electron chi connectivity index (χ2n) is 8.68. The Balaban J connectivity index is 1.86. The maximum absolute atomic E-state index is 13.5. The summed E-state index contributed by atoms with van der Waals surface area (Å²) in [7, 11) is 4.66. The number of nitrogens with zero attached hydrogens (tertiary/aromatic N) is 1. The minimum absolute atomic E-state index is 0.0415. The number of methoxy groups -OCH3 is 3. The molecule has 1 heterocycles. The average Bonchev–Trinajstić information content (AvgIpc) is 2.92. The molecule has 0 atom stereocenters. The van der Waals surface area contributed by atoms with Crippen molar-refractivity contribution >= 4 is 11.8 Å². The topological polar surface area (TPSA) is 95.6 Å². The van der Waals surface area contributed by atoms with E-state index in [1.807, 2.05) is 31.2 Å². The molecule has 2 aromatic rings. The first-order valence-electron chi connectivity index (χ1n) is 12.7. The summed E-state index contributed by atoms with van der Waals surface area (Å²) in [4.78, 5) is 27.7. The number of aryl methyl sites for hydroxylation is 1. The molecule has 9 nitrogen and oxygen atoms in total. The van der Waals surface area contributed by atoms with Crippen LogP contribution in [0.25, 0.3) is 0 Å². The Kier molecular flexibility index (Phi) is 10.7. The van der Waals surface area contributed by atoms with Gasteiger partial charge in [0.2, 0.25) is 17.6 Å². The monoisotopic (exact) mass is 514 g/mol. The lowest BCUT2D eigenvalue weighted by atomic mass is 10.1. The molecule has 2 aromatic carbocycles. The van der Waals surface area contributed by atoms with Crippen LogP contribution in [-0.4, -0.2) is 64.3 Å². The zero-order chi connectivity index (χ0) is 26.6. The highest BCUT2D eigenvalue weighted by molar-refractivity contribution is 5.85. The van der Waals surface area contributed by atoms with Crippen LogP contribution in [0.1, 0.15) is 43.7 Å². The fourth-order valence-electron chi connectivity index (χ4n) is 4.35. The highest BCUT2D eigenvalue weighted by atomic mass is 16.5. The summed E-state index contributed by atoms with van der Waals surface area (Å²) in [5.74, 6) is 2.48. The lowest BCUT2D eigenvalue weighted by Crippen LogP contribution is -2.40. The van der Waals surface area contributed by atoms with Crippen LogP contribution in [0.4, 0.5) is 0 Å². The number of ether oxygens (including phenoxy) is 5. The largest absolute Gasteiger partial charge is 0.493 e. The van der Waals surface area contributed by atoms with Gasteiger partial charge in [-0.1, -0.05) is 18.2 Å². The summed E-state index contributed by atoms with van der Waals surface area (Å²) < 4.78 is 28.3. The number of amides is 2. The molecule has 0 bridgehead atoms. The van der Waals surface area contributed by atoms with Gasteiger partial charge in [-0.25, -0.2) is 0 Å². The van der Waals surface area contributed by atoms with E-state index in [9.17, 15) is 9.59 Å². The predicted molar refractivity (Wildman–Crippen MR) is 140 cm³/mol. The maximum Gasteiger partial charge on any atom is 0.239 e. The minimum atomic E-state index is -0.181. The zero-order valence-corrected chi connectivity index (χ0v) is 22.3. The van der Waals surface area contributed by atoms with Crippen molar-refractivity contribution in [3.8, 4) is 28.7 Å². The molecule has 0 spiro atoms. The summed E-state index contributed by atoms with van der Waals surface area (Å²) in [5, 5.41) is 2.93. The van der Waals surface area contributed by atoms with E-state index in [1.54, 1.807) is 32.3 Å². The summed E-state index contributed by atoms with van der Waals surface area (Å²) in [5.41, 5.74) is 1.61. The van der Waals surface area contributed by atoms with Gasteiger partial charge in [0.05, 0.1) is 41.1 Å². The summed E-state index contributed by atoms with van der Waals surface area (Å²) in [6.45, 7) is 3.71. The quantitative estimate of drug-likeness (QED) is 0.573. The summed E-state index contributed by atoms with van der Waals surface area (Å²) in [6.07, 6.45) is 3.24. The van der Waals surface area contributed by atoms with E-state index in [0.717, 1.165) is 30.4 Å². The van der Waals surface area contributed by atoms with Gasteiger partial charge in [-0.15, -0.1) is 0 Å². The fourth-order valence-corrected chi connectivity index (χ4v) is 4.35. The second-order valence-corrected chi connectivity index (χ2v) is 8.68. The zero-order valence-electron chi connectivity index (χ0n) is 22.3. The molecule has 0 saturated heterocycles. The Bertz CT molecular complexity index is 1060. The van der Waals surface area contributed by atoms with Crippen molar-refractivity contribution < 1.29 is 33.3 Å². The number of para-hydroxylation sites is 1. The molecule has 0 aromatic heterocycles. The van der Waals surface area contributed by atoms with Crippen molar-refractivity contribution in [3.05, 3.63) is 41.5 Å². The molecular formula is C28H38N2O7. The predicted octanol–water partition coefficient (Wildman–Crippen LogP) is 3.75. The molecule has 1 N–H and O–H groups in total. The summed E-state index contributed by atoms with van der Waals surface area (Å²) >= 11 is 0. The van der Waals surface area contributed by atoms with Crippen LogP contribution in [0.15, 0.2) is 30.3 Å². The van der Waals surface area contributed by atoms with Crippen LogP contribution in [0.2, 0.25) is 0 Å². The second kappa shape index (κ2) is 14.2. The molecular weight excluding hydrogens is 476 g/mol. The Morgan fingerprint density at radius 3 is 2.51 bits per heavy atom. The first kappa shape index (κ1) is 28.0. The third-order valence-corrected chi connectivity index (χ3v) is 6.19. The molecule has 0 saturated carbocycles. The number of rotatable bonds is 8. The van der Waals surface area contributed by atoms with Crippen molar-refractivity contribution in [2.24, 2.45) is 0 Å². The minimum Gasteiger partial charge on any atom is -0.493 e. The van der Waals surface area contributed by atoms with Crippen molar-refractivity contribution in [1.29, 1.82) is 0 Å². The van der Waals surface area contributed by atoms with Crippen molar-refractivity contribution in [3.63, 3.8) is 0 Å². The molecule has 2 amide bonds. The van der Waals surface area contributed by atoms with Crippen molar-refractivity contribution in [2.45, 2.75) is 45.6 Å². The molecule has 202 valence electrons. The van der Waals surface area contributed by atoms with E-state index in [2.05, 4.69) is 5.32 Å². The van der Waals surface area contributed by atoms with Crippen molar-refractivity contribution in [1.82, 2.24) is 10.2 Å². The SMILES string of the molecule is CCOc1cccc2c1OCCCCCNC(=O)CN(C(=O)CCc1ccc(OC)c(OC)c1OC)C2. The van der Waals surface area contributed by atoms with Crippen LogP contribution in [0.5, 0.6) is 28.7 Å². The number of benzene rings is 2. The molecule has 1 aliphatic heterocycles. The highest BCUT2D eigenvalue weighted by Gasteiger charge is 2.23. The third kappa shape index (κ3) is 7.44.